The molecule has 11 heavy (non-hydrogen) atoms. The van der Waals surface area contributed by atoms with Crippen LogP contribution in [0.3, 0.4) is 0 Å². The Hall–Kier alpha value is -0.260. The molecule has 1 amide bonds. The monoisotopic (exact) mass is 177 g/mol. The van der Waals surface area contributed by atoms with Gasteiger partial charge in [-0.05, 0) is 0 Å². The Balaban J connectivity index is 2.46. The third kappa shape index (κ3) is 1.85. The lowest BCUT2D eigenvalue weighted by Crippen LogP contribution is -2.30. The lowest BCUT2D eigenvalue weighted by molar-refractivity contribution is -0.127. The van der Waals surface area contributed by atoms with E-state index in [-0.39, 0.29) is 24.7 Å². The topological polar surface area (TPSA) is 60.8 Å². The number of likely N-dealkylation sites (tertiary alicyclic amines) is 1. The maximum Gasteiger partial charge on any atom is 0.232 e. The van der Waals surface area contributed by atoms with Gasteiger partial charge in [0.05, 0.1) is 18.0 Å². The summed E-state index contributed by atoms with van der Waals surface area (Å²) in [5, 5.41) is 18.1. The fourth-order valence-electron chi connectivity index (χ4n) is 1.07. The Morgan fingerprint density at radius 2 is 1.91 bits per heavy atom. The van der Waals surface area contributed by atoms with E-state index in [1.807, 2.05) is 0 Å². The number of β-amino-alcohol motifs (C(OH)–C–C–N with tert-alkyl or cyclic N) is 2. The second kappa shape index (κ2) is 3.42. The molecule has 1 aliphatic heterocycles. The van der Waals surface area contributed by atoms with Crippen LogP contribution >= 0.6 is 12.6 Å². The van der Waals surface area contributed by atoms with E-state index in [1.54, 1.807) is 0 Å². The molecule has 1 aliphatic rings. The van der Waals surface area contributed by atoms with Crippen molar-refractivity contribution in [3.8, 4) is 0 Å². The van der Waals surface area contributed by atoms with Crippen LogP contribution in [0.2, 0.25) is 0 Å². The molecule has 0 aromatic carbocycles. The minimum atomic E-state index is -0.793. The summed E-state index contributed by atoms with van der Waals surface area (Å²) in [5.41, 5.74) is 0. The quantitative estimate of drug-likeness (QED) is 0.426. The minimum absolute atomic E-state index is 0.124. The highest BCUT2D eigenvalue weighted by Gasteiger charge is 2.31. The smallest absolute Gasteiger partial charge is 0.232 e. The first-order chi connectivity index (χ1) is 5.15. The molecule has 0 bridgehead atoms. The van der Waals surface area contributed by atoms with Gasteiger partial charge >= 0.3 is 0 Å². The van der Waals surface area contributed by atoms with Crippen molar-refractivity contribution >= 4 is 18.5 Å². The average molecular weight is 177 g/mol. The van der Waals surface area contributed by atoms with Crippen molar-refractivity contribution < 1.29 is 15.0 Å². The van der Waals surface area contributed by atoms with Gasteiger partial charge in [0.15, 0.2) is 0 Å². The van der Waals surface area contributed by atoms with Crippen molar-refractivity contribution in [2.45, 2.75) is 12.2 Å². The number of carbonyl (C=O) groups excluding carboxylic acids is 1. The number of rotatable bonds is 1. The second-order valence-electron chi connectivity index (χ2n) is 2.59. The molecule has 0 aliphatic carbocycles. The molecule has 4 nitrogen and oxygen atoms in total. The Morgan fingerprint density at radius 3 is 2.27 bits per heavy atom. The van der Waals surface area contributed by atoms with Gasteiger partial charge in [-0.3, -0.25) is 4.79 Å². The Bertz CT molecular complexity index is 154. The van der Waals surface area contributed by atoms with E-state index in [2.05, 4.69) is 12.6 Å². The molecule has 1 rings (SSSR count). The predicted molar refractivity (Wildman–Crippen MR) is 42.4 cm³/mol. The molecule has 0 aromatic rings. The van der Waals surface area contributed by atoms with Gasteiger partial charge in [-0.15, -0.1) is 0 Å². The summed E-state index contributed by atoms with van der Waals surface area (Å²) in [6.07, 6.45) is -1.59. The van der Waals surface area contributed by atoms with E-state index in [0.29, 0.717) is 0 Å². The molecule has 5 heteroatoms. The van der Waals surface area contributed by atoms with Gasteiger partial charge in [-0.25, -0.2) is 0 Å². The molecule has 2 atom stereocenters. The second-order valence-corrected chi connectivity index (χ2v) is 2.91. The largest absolute Gasteiger partial charge is 0.388 e. The highest BCUT2D eigenvalue weighted by atomic mass is 32.1. The molecule has 1 saturated heterocycles. The van der Waals surface area contributed by atoms with Crippen LogP contribution in [0, 0.1) is 0 Å². The summed E-state index contributed by atoms with van der Waals surface area (Å²) in [5.74, 6) is -0.0247. The summed E-state index contributed by atoms with van der Waals surface area (Å²) in [6, 6.07) is 0. The summed E-state index contributed by atoms with van der Waals surface area (Å²) in [4.78, 5) is 12.3. The maximum absolute atomic E-state index is 10.9. The van der Waals surface area contributed by atoms with Gasteiger partial charge in [0.25, 0.3) is 0 Å². The van der Waals surface area contributed by atoms with Crippen molar-refractivity contribution in [2.75, 3.05) is 18.8 Å². The van der Waals surface area contributed by atoms with Crippen LogP contribution in [0.4, 0.5) is 0 Å². The van der Waals surface area contributed by atoms with Crippen LogP contribution in [0.25, 0.3) is 0 Å². The van der Waals surface area contributed by atoms with Crippen molar-refractivity contribution in [3.63, 3.8) is 0 Å². The lowest BCUT2D eigenvalue weighted by Gasteiger charge is -2.12. The van der Waals surface area contributed by atoms with E-state index in [0.717, 1.165) is 0 Å². The third-order valence-corrected chi connectivity index (χ3v) is 2.02. The van der Waals surface area contributed by atoms with Crippen LogP contribution in [-0.2, 0) is 4.79 Å². The van der Waals surface area contributed by atoms with Crippen LogP contribution in [0.5, 0.6) is 0 Å². The van der Waals surface area contributed by atoms with Crippen molar-refractivity contribution in [1.82, 2.24) is 4.90 Å². The molecule has 64 valence electrons. The molecule has 2 unspecified atom stereocenters. The molecule has 0 spiro atoms. The van der Waals surface area contributed by atoms with Gasteiger partial charge in [-0.1, -0.05) is 0 Å². The van der Waals surface area contributed by atoms with Gasteiger partial charge in [0, 0.05) is 13.1 Å². The number of nitrogens with zero attached hydrogens (tertiary/aromatic N) is 1. The van der Waals surface area contributed by atoms with Crippen LogP contribution in [0.15, 0.2) is 0 Å². The molecule has 1 fully saturated rings. The highest BCUT2D eigenvalue weighted by molar-refractivity contribution is 7.81. The van der Waals surface area contributed by atoms with Crippen molar-refractivity contribution in [1.29, 1.82) is 0 Å². The first-order valence-corrected chi connectivity index (χ1v) is 4.03. The molecular formula is C6H11NO3S. The molecular weight excluding hydrogens is 166 g/mol. The van der Waals surface area contributed by atoms with Crippen molar-refractivity contribution in [2.24, 2.45) is 0 Å². The maximum atomic E-state index is 10.9. The number of thiol groups is 1. The van der Waals surface area contributed by atoms with Gasteiger partial charge < -0.3 is 15.1 Å². The van der Waals surface area contributed by atoms with E-state index in [1.165, 1.54) is 4.90 Å². The lowest BCUT2D eigenvalue weighted by atomic mass is 10.3. The fraction of sp³-hybridized carbons (Fsp3) is 0.833. The van der Waals surface area contributed by atoms with E-state index in [4.69, 9.17) is 10.2 Å². The first-order valence-electron chi connectivity index (χ1n) is 3.40. The molecule has 0 saturated carbocycles. The average Bonchev–Trinajstić information content (AvgIpc) is 2.31. The van der Waals surface area contributed by atoms with Gasteiger partial charge in [-0.2, -0.15) is 12.6 Å². The Morgan fingerprint density at radius 1 is 1.45 bits per heavy atom. The zero-order valence-corrected chi connectivity index (χ0v) is 6.87. The van der Waals surface area contributed by atoms with Crippen LogP contribution in [-0.4, -0.2) is 52.1 Å². The summed E-state index contributed by atoms with van der Waals surface area (Å²) >= 11 is 3.80. The Kier molecular flexibility index (Phi) is 2.75. The standard InChI is InChI=1S/C6H11NO3S/c8-4-1-7(2-5(4)9)6(10)3-11/h4-5,8-9,11H,1-3H2. The summed E-state index contributed by atoms with van der Waals surface area (Å²) < 4.78 is 0. The number of hydrogen-bond acceptors (Lipinski definition) is 4. The predicted octanol–water partition coefficient (Wildman–Crippen LogP) is -1.52. The van der Waals surface area contributed by atoms with E-state index in [9.17, 15) is 4.79 Å². The van der Waals surface area contributed by atoms with Crippen molar-refractivity contribution in [3.05, 3.63) is 0 Å². The van der Waals surface area contributed by atoms with Gasteiger partial charge in [0.2, 0.25) is 5.91 Å². The van der Waals surface area contributed by atoms with Gasteiger partial charge in [0.1, 0.15) is 0 Å². The first kappa shape index (κ1) is 8.83. The van der Waals surface area contributed by atoms with E-state index < -0.39 is 12.2 Å². The normalized spacial score (nSPS) is 31.0. The minimum Gasteiger partial charge on any atom is -0.388 e. The number of aliphatic hydroxyl groups is 2. The number of carbonyl (C=O) groups is 1. The Labute approximate surface area is 70.2 Å². The number of hydrogen-bond donors (Lipinski definition) is 3. The molecule has 0 aromatic heterocycles. The fourth-order valence-corrected chi connectivity index (χ4v) is 1.27. The van der Waals surface area contributed by atoms with E-state index >= 15 is 0 Å². The molecule has 2 N–H and O–H groups in total. The summed E-state index contributed by atoms with van der Waals surface area (Å²) in [6.45, 7) is 0.446. The zero-order chi connectivity index (χ0) is 8.43. The highest BCUT2D eigenvalue weighted by Crippen LogP contribution is 2.09. The molecule has 0 radical (unpaired) electrons. The van der Waals surface area contributed by atoms with Crippen LogP contribution in [0.1, 0.15) is 0 Å². The zero-order valence-electron chi connectivity index (χ0n) is 5.97. The SMILES string of the molecule is O=C(CS)N1CC(O)C(O)C1. The summed E-state index contributed by atoms with van der Waals surface area (Å²) in [7, 11) is 0. The molecule has 1 heterocycles. The third-order valence-electron chi connectivity index (χ3n) is 1.75. The number of aliphatic hydroxyl groups excluding tert-OH is 2. The number of amides is 1. The van der Waals surface area contributed by atoms with Crippen LogP contribution < -0.4 is 0 Å².